The molecule has 1 aromatic carbocycles. The molecule has 1 saturated carbocycles. The van der Waals surface area contributed by atoms with E-state index in [-0.39, 0.29) is 0 Å². The SMILES string of the molecule is CC1CCCN(C(CN)c2ccccc2C2CC2)C1C. The van der Waals surface area contributed by atoms with Crippen LogP contribution in [-0.4, -0.2) is 24.0 Å². The molecule has 110 valence electrons. The molecule has 1 aliphatic carbocycles. The Labute approximate surface area is 123 Å². The Bertz CT molecular complexity index is 452. The van der Waals surface area contributed by atoms with E-state index in [2.05, 4.69) is 43.0 Å². The van der Waals surface area contributed by atoms with Gasteiger partial charge in [0.05, 0.1) is 0 Å². The van der Waals surface area contributed by atoms with Gasteiger partial charge in [-0.1, -0.05) is 31.2 Å². The van der Waals surface area contributed by atoms with Crippen molar-refractivity contribution in [3.63, 3.8) is 0 Å². The molecule has 1 aliphatic heterocycles. The van der Waals surface area contributed by atoms with Crippen LogP contribution in [0, 0.1) is 5.92 Å². The van der Waals surface area contributed by atoms with Gasteiger partial charge >= 0.3 is 0 Å². The van der Waals surface area contributed by atoms with Crippen LogP contribution in [0.5, 0.6) is 0 Å². The van der Waals surface area contributed by atoms with Gasteiger partial charge in [0.15, 0.2) is 0 Å². The van der Waals surface area contributed by atoms with Crippen LogP contribution in [0.2, 0.25) is 0 Å². The number of hydrogen-bond donors (Lipinski definition) is 1. The van der Waals surface area contributed by atoms with Crippen LogP contribution in [0.25, 0.3) is 0 Å². The van der Waals surface area contributed by atoms with Gasteiger partial charge in [0.2, 0.25) is 0 Å². The maximum Gasteiger partial charge on any atom is 0.0476 e. The first-order valence-electron chi connectivity index (χ1n) is 8.27. The summed E-state index contributed by atoms with van der Waals surface area (Å²) in [4.78, 5) is 2.66. The number of rotatable bonds is 4. The lowest BCUT2D eigenvalue weighted by Crippen LogP contribution is -2.46. The highest BCUT2D eigenvalue weighted by atomic mass is 15.2. The highest BCUT2D eigenvalue weighted by Gasteiger charge is 2.34. The van der Waals surface area contributed by atoms with Crippen molar-refractivity contribution in [1.29, 1.82) is 0 Å². The van der Waals surface area contributed by atoms with E-state index in [1.54, 1.807) is 5.56 Å². The van der Waals surface area contributed by atoms with Crippen LogP contribution >= 0.6 is 0 Å². The molecule has 0 spiro atoms. The van der Waals surface area contributed by atoms with E-state index in [1.807, 2.05) is 0 Å². The molecule has 1 saturated heterocycles. The molecule has 0 amide bonds. The number of likely N-dealkylation sites (tertiary alicyclic amines) is 1. The minimum absolute atomic E-state index is 0.407. The molecule has 0 bridgehead atoms. The molecule has 2 aliphatic rings. The number of benzene rings is 1. The highest BCUT2D eigenvalue weighted by molar-refractivity contribution is 5.36. The number of nitrogens with two attached hydrogens (primary N) is 1. The molecule has 2 fully saturated rings. The fourth-order valence-electron chi connectivity index (χ4n) is 3.83. The zero-order valence-electron chi connectivity index (χ0n) is 12.9. The third-order valence-electron chi connectivity index (χ3n) is 5.42. The fraction of sp³-hybridized carbons (Fsp3) is 0.667. The minimum atomic E-state index is 0.407. The second-order valence-corrected chi connectivity index (χ2v) is 6.75. The Hall–Kier alpha value is -0.860. The Kier molecular flexibility index (Phi) is 4.13. The normalized spacial score (nSPS) is 29.4. The van der Waals surface area contributed by atoms with Gasteiger partial charge < -0.3 is 5.73 Å². The summed E-state index contributed by atoms with van der Waals surface area (Å²) in [5, 5.41) is 0. The van der Waals surface area contributed by atoms with Gasteiger partial charge in [-0.05, 0) is 62.1 Å². The molecule has 20 heavy (non-hydrogen) atoms. The molecule has 0 aromatic heterocycles. The highest BCUT2D eigenvalue weighted by Crippen LogP contribution is 2.44. The lowest BCUT2D eigenvalue weighted by molar-refractivity contribution is 0.0706. The second kappa shape index (κ2) is 5.87. The molecule has 3 rings (SSSR count). The van der Waals surface area contributed by atoms with E-state index in [4.69, 9.17) is 5.73 Å². The third-order valence-corrected chi connectivity index (χ3v) is 5.42. The van der Waals surface area contributed by atoms with Gasteiger partial charge in [-0.25, -0.2) is 0 Å². The zero-order chi connectivity index (χ0) is 14.1. The van der Waals surface area contributed by atoms with E-state index in [9.17, 15) is 0 Å². The first-order valence-corrected chi connectivity index (χ1v) is 8.27. The van der Waals surface area contributed by atoms with E-state index < -0.39 is 0 Å². The van der Waals surface area contributed by atoms with Crippen molar-refractivity contribution in [2.24, 2.45) is 11.7 Å². The minimum Gasteiger partial charge on any atom is -0.329 e. The summed E-state index contributed by atoms with van der Waals surface area (Å²) in [7, 11) is 0. The average Bonchev–Trinajstić information content (AvgIpc) is 3.29. The van der Waals surface area contributed by atoms with E-state index in [0.717, 1.165) is 18.4 Å². The number of hydrogen-bond acceptors (Lipinski definition) is 2. The second-order valence-electron chi connectivity index (χ2n) is 6.75. The van der Waals surface area contributed by atoms with Crippen molar-refractivity contribution in [2.45, 2.75) is 57.5 Å². The smallest absolute Gasteiger partial charge is 0.0476 e. The van der Waals surface area contributed by atoms with Crippen molar-refractivity contribution in [1.82, 2.24) is 4.90 Å². The summed E-state index contributed by atoms with van der Waals surface area (Å²) < 4.78 is 0. The van der Waals surface area contributed by atoms with Crippen molar-refractivity contribution in [3.05, 3.63) is 35.4 Å². The molecule has 2 heteroatoms. The van der Waals surface area contributed by atoms with Gasteiger partial charge in [-0.2, -0.15) is 0 Å². The quantitative estimate of drug-likeness (QED) is 0.906. The largest absolute Gasteiger partial charge is 0.329 e. The zero-order valence-corrected chi connectivity index (χ0v) is 12.9. The first-order chi connectivity index (χ1) is 9.72. The fourth-order valence-corrected chi connectivity index (χ4v) is 3.83. The third kappa shape index (κ3) is 2.64. The summed E-state index contributed by atoms with van der Waals surface area (Å²) in [6.07, 6.45) is 5.40. The molecular formula is C18H28N2. The van der Waals surface area contributed by atoms with Crippen molar-refractivity contribution in [3.8, 4) is 0 Å². The molecule has 1 heterocycles. The van der Waals surface area contributed by atoms with E-state index in [0.29, 0.717) is 12.1 Å². The van der Waals surface area contributed by atoms with Crippen molar-refractivity contribution < 1.29 is 0 Å². The van der Waals surface area contributed by atoms with E-state index >= 15 is 0 Å². The van der Waals surface area contributed by atoms with Crippen LogP contribution in [0.4, 0.5) is 0 Å². The molecule has 2 nitrogen and oxygen atoms in total. The topological polar surface area (TPSA) is 29.3 Å². The first kappa shape index (κ1) is 14.1. The Morgan fingerprint density at radius 1 is 1.20 bits per heavy atom. The lowest BCUT2D eigenvalue weighted by atomic mass is 9.88. The molecule has 1 aromatic rings. The van der Waals surface area contributed by atoms with E-state index in [1.165, 1.54) is 37.8 Å². The molecule has 0 radical (unpaired) electrons. The lowest BCUT2D eigenvalue weighted by Gasteiger charge is -2.43. The van der Waals surface area contributed by atoms with Crippen LogP contribution < -0.4 is 5.73 Å². The van der Waals surface area contributed by atoms with Crippen LogP contribution in [0.1, 0.15) is 62.6 Å². The average molecular weight is 272 g/mol. The predicted octanol–water partition coefficient (Wildman–Crippen LogP) is 3.68. The molecule has 2 N–H and O–H groups in total. The van der Waals surface area contributed by atoms with Gasteiger partial charge in [0.25, 0.3) is 0 Å². The van der Waals surface area contributed by atoms with Crippen molar-refractivity contribution >= 4 is 0 Å². The summed E-state index contributed by atoms with van der Waals surface area (Å²) in [6.45, 7) is 6.70. The summed E-state index contributed by atoms with van der Waals surface area (Å²) >= 11 is 0. The van der Waals surface area contributed by atoms with Crippen molar-refractivity contribution in [2.75, 3.05) is 13.1 Å². The standard InChI is InChI=1S/C18H28N2/c1-13-6-5-11-20(14(13)2)18(12-19)17-8-4-3-7-16(17)15-9-10-15/h3-4,7-8,13-15,18H,5-6,9-12,19H2,1-2H3. The molecule has 3 unspecified atom stereocenters. The van der Waals surface area contributed by atoms with Gasteiger partial charge in [-0.3, -0.25) is 4.90 Å². The van der Waals surface area contributed by atoms with Crippen LogP contribution in [0.15, 0.2) is 24.3 Å². The summed E-state index contributed by atoms with van der Waals surface area (Å²) in [5.74, 6) is 1.59. The van der Waals surface area contributed by atoms with Crippen LogP contribution in [-0.2, 0) is 0 Å². The van der Waals surface area contributed by atoms with Gasteiger partial charge in [0.1, 0.15) is 0 Å². The Morgan fingerprint density at radius 3 is 2.65 bits per heavy atom. The van der Waals surface area contributed by atoms with Crippen LogP contribution in [0.3, 0.4) is 0 Å². The monoisotopic (exact) mass is 272 g/mol. The Morgan fingerprint density at radius 2 is 1.95 bits per heavy atom. The summed E-state index contributed by atoms with van der Waals surface area (Å²) in [5.41, 5.74) is 9.25. The number of piperidine rings is 1. The maximum absolute atomic E-state index is 6.19. The maximum atomic E-state index is 6.19. The molecule has 3 atom stereocenters. The van der Waals surface area contributed by atoms with Gasteiger partial charge in [0, 0.05) is 18.6 Å². The Balaban J connectivity index is 1.89. The molecular weight excluding hydrogens is 244 g/mol. The number of nitrogens with zero attached hydrogens (tertiary/aromatic N) is 1. The summed E-state index contributed by atoms with van der Waals surface area (Å²) in [6, 6.07) is 10.1. The predicted molar refractivity (Wildman–Crippen MR) is 84.8 cm³/mol. The van der Waals surface area contributed by atoms with Gasteiger partial charge in [-0.15, -0.1) is 0 Å².